The average Bonchev–Trinajstić information content (AvgIpc) is 3.13. The Kier molecular flexibility index (Phi) is 7.01. The molecule has 1 fully saturated rings. The van der Waals surface area contributed by atoms with Gasteiger partial charge in [-0.1, -0.05) is 0 Å². The van der Waals surface area contributed by atoms with Gasteiger partial charge in [-0.3, -0.25) is 14.3 Å². The Labute approximate surface area is 177 Å². The molecule has 0 saturated carbocycles. The number of nitrogens with zero attached hydrogens (tertiary/aromatic N) is 3. The molecule has 0 unspecified atom stereocenters. The SMILES string of the molecule is Nc1nc2c(ncn2[C@@H]2O[C@H](CO)[C@@H](O)[C@H]2O[P+]([O-])([O-])N[P+]([O-])([O-])OP(=O)(O)O)c(=O)[nH]1. The summed E-state index contributed by atoms with van der Waals surface area (Å²) in [6.45, 7) is -0.835. The van der Waals surface area contributed by atoms with E-state index < -0.39 is 60.7 Å². The number of aromatic nitrogens is 4. The number of aliphatic hydroxyl groups excluding tert-OH is 2. The maximum atomic E-state index is 12.2. The molecule has 0 amide bonds. The Morgan fingerprint density at radius 1 is 1.34 bits per heavy atom. The molecule has 2 aromatic heterocycles. The molecule has 0 radical (unpaired) electrons. The van der Waals surface area contributed by atoms with Crippen LogP contribution in [0.25, 0.3) is 11.2 Å². The third-order valence-electron chi connectivity index (χ3n) is 3.94. The lowest BCUT2D eigenvalue weighted by molar-refractivity contribution is -0.357. The number of nitrogens with one attached hydrogen (secondary N) is 2. The zero-order chi connectivity index (χ0) is 24.1. The van der Waals surface area contributed by atoms with Crippen LogP contribution in [0.2, 0.25) is 0 Å². The Morgan fingerprint density at radius 3 is 2.59 bits per heavy atom. The summed E-state index contributed by atoms with van der Waals surface area (Å²) in [5.41, 5.74) is 4.22. The molecule has 3 rings (SSSR count). The molecular formula is C10H15N6O13P3-2. The Hall–Kier alpha value is -1.24. The largest absolute Gasteiger partial charge is 0.642 e. The molecule has 1 saturated heterocycles. The maximum absolute atomic E-state index is 12.2. The summed E-state index contributed by atoms with van der Waals surface area (Å²) in [6, 6.07) is 0. The average molecular weight is 520 g/mol. The van der Waals surface area contributed by atoms with E-state index in [1.807, 2.05) is 0 Å². The number of ether oxygens (including phenoxy) is 1. The second-order valence-corrected chi connectivity index (χ2v) is 10.9. The molecule has 0 bridgehead atoms. The third-order valence-corrected chi connectivity index (χ3v) is 8.13. The summed E-state index contributed by atoms with van der Waals surface area (Å²) >= 11 is 0. The quantitative estimate of drug-likeness (QED) is 0.159. The third kappa shape index (κ3) is 5.63. The van der Waals surface area contributed by atoms with Gasteiger partial charge in [0.05, 0.1) is 12.9 Å². The Morgan fingerprint density at radius 2 is 2.00 bits per heavy atom. The molecule has 1 aliphatic rings. The minimum atomic E-state index is -5.90. The molecule has 8 N–H and O–H groups in total. The number of H-pyrrole nitrogens is 1. The van der Waals surface area contributed by atoms with Gasteiger partial charge in [-0.05, 0) is 4.86 Å². The van der Waals surface area contributed by atoms with Gasteiger partial charge in [0, 0.05) is 0 Å². The highest BCUT2D eigenvalue weighted by molar-refractivity contribution is 7.74. The van der Waals surface area contributed by atoms with Crippen LogP contribution in [0.4, 0.5) is 5.95 Å². The van der Waals surface area contributed by atoms with Gasteiger partial charge in [-0.15, -0.1) is 4.31 Å². The number of nitrogens with two attached hydrogens (primary N) is 1. The number of aromatic amines is 1. The summed E-state index contributed by atoms with van der Waals surface area (Å²) in [4.78, 5) is 87.0. The standard InChI is InChI=1S/C10H17N6O13P3/c11-10-13-7-4(8(19)14-10)12-2-16(7)9-6(5(18)3(1-17)27-9)28-30(20,21)15-31(22,23)29-32(24,25)26/h2-3,5-6,9,17-18H,1H2,(H2,24,25,26)(H3,11,13,14,19)(H3,15,20,21,22,23)/p-2/t3-,5-,6-,9-/m1/s1. The van der Waals surface area contributed by atoms with Crippen molar-refractivity contribution in [3.05, 3.63) is 16.7 Å². The normalized spacial score (nSPS) is 25.0. The lowest BCUT2D eigenvalue weighted by Gasteiger charge is -2.42. The number of hydrogen-bond donors (Lipinski definition) is 7. The Balaban J connectivity index is 1.93. The van der Waals surface area contributed by atoms with Gasteiger partial charge in [0.15, 0.2) is 39.7 Å². The van der Waals surface area contributed by atoms with Crippen LogP contribution in [0.15, 0.2) is 11.1 Å². The van der Waals surface area contributed by atoms with Gasteiger partial charge < -0.3 is 50.0 Å². The minimum absolute atomic E-state index is 0.233. The highest BCUT2D eigenvalue weighted by atomic mass is 31.3. The van der Waals surface area contributed by atoms with Crippen molar-refractivity contribution in [2.24, 2.45) is 0 Å². The number of fused-ring (bicyclic) bond motifs is 1. The van der Waals surface area contributed by atoms with Crippen molar-refractivity contribution in [2.45, 2.75) is 24.5 Å². The molecule has 0 spiro atoms. The second-order valence-electron chi connectivity index (χ2n) is 6.25. The van der Waals surface area contributed by atoms with Crippen molar-refractivity contribution in [1.29, 1.82) is 0 Å². The van der Waals surface area contributed by atoms with Crippen LogP contribution in [0.1, 0.15) is 6.23 Å². The zero-order valence-electron chi connectivity index (χ0n) is 15.3. The number of hydrogen-bond acceptors (Lipinski definition) is 15. The number of aliphatic hydroxyl groups is 2. The summed E-state index contributed by atoms with van der Waals surface area (Å²) in [5.74, 6) is -0.350. The fraction of sp³-hybridized carbons (Fsp3) is 0.500. The van der Waals surface area contributed by atoms with Gasteiger partial charge in [0.1, 0.15) is 12.2 Å². The Bertz CT molecular complexity index is 1090. The van der Waals surface area contributed by atoms with E-state index in [1.54, 1.807) is 0 Å². The van der Waals surface area contributed by atoms with Crippen molar-refractivity contribution in [3.63, 3.8) is 0 Å². The number of phosphoric acid groups is 1. The first kappa shape index (κ1) is 25.4. The molecule has 0 aromatic carbocycles. The van der Waals surface area contributed by atoms with Gasteiger partial charge in [0.25, 0.3) is 5.56 Å². The van der Waals surface area contributed by atoms with Crippen LogP contribution in [0, 0.1) is 0 Å². The summed E-state index contributed by atoms with van der Waals surface area (Å²) < 4.78 is 25.0. The van der Waals surface area contributed by atoms with Crippen molar-refractivity contribution in [3.8, 4) is 0 Å². The lowest BCUT2D eigenvalue weighted by Crippen LogP contribution is -2.47. The molecule has 0 aliphatic carbocycles. The molecule has 19 nitrogen and oxygen atoms in total. The van der Waals surface area contributed by atoms with Gasteiger partial charge in [-0.25, -0.2) is 14.1 Å². The maximum Gasteiger partial charge on any atom is 0.504 e. The molecular weight excluding hydrogens is 505 g/mol. The number of rotatable bonds is 8. The smallest absolute Gasteiger partial charge is 0.504 e. The van der Waals surface area contributed by atoms with Gasteiger partial charge in [0.2, 0.25) is 5.95 Å². The predicted octanol–water partition coefficient (Wildman–Crippen LogP) is -6.17. The van der Waals surface area contributed by atoms with Crippen molar-refractivity contribution < 1.29 is 57.7 Å². The summed E-state index contributed by atoms with van der Waals surface area (Å²) in [7, 11) is -17.3. The first-order chi connectivity index (χ1) is 14.6. The van der Waals surface area contributed by atoms with Crippen LogP contribution < -0.4 is 35.7 Å². The highest BCUT2D eigenvalue weighted by Gasteiger charge is 2.50. The molecule has 1 aliphatic heterocycles. The fourth-order valence-corrected chi connectivity index (χ4v) is 6.36. The van der Waals surface area contributed by atoms with E-state index in [2.05, 4.69) is 23.8 Å². The van der Waals surface area contributed by atoms with E-state index in [-0.39, 0.29) is 17.1 Å². The molecule has 22 heteroatoms. The molecule has 3 heterocycles. The van der Waals surface area contributed by atoms with Crippen LogP contribution in [-0.2, 0) is 18.1 Å². The van der Waals surface area contributed by atoms with Crippen LogP contribution >= 0.6 is 24.0 Å². The first-order valence-electron chi connectivity index (χ1n) is 8.16. The van der Waals surface area contributed by atoms with Crippen LogP contribution in [-0.4, -0.2) is 64.4 Å². The van der Waals surface area contributed by atoms with E-state index in [0.717, 1.165) is 15.8 Å². The number of anilines is 1. The first-order valence-corrected chi connectivity index (χ1v) is 12.8. The fourth-order valence-electron chi connectivity index (χ4n) is 2.83. The molecule has 4 atom stereocenters. The molecule has 180 valence electrons. The number of imidazole rings is 1. The topological polar surface area (TPSA) is 320 Å². The van der Waals surface area contributed by atoms with E-state index >= 15 is 0 Å². The van der Waals surface area contributed by atoms with E-state index in [4.69, 9.17) is 20.3 Å². The monoisotopic (exact) mass is 520 g/mol. The van der Waals surface area contributed by atoms with Crippen LogP contribution in [0.5, 0.6) is 0 Å². The van der Waals surface area contributed by atoms with Crippen molar-refractivity contribution in [1.82, 2.24) is 24.4 Å². The van der Waals surface area contributed by atoms with E-state index in [0.29, 0.717) is 0 Å². The van der Waals surface area contributed by atoms with Gasteiger partial charge in [-0.2, -0.15) is 4.98 Å². The van der Waals surface area contributed by atoms with Crippen LogP contribution in [0.3, 0.4) is 0 Å². The summed E-state index contributed by atoms with van der Waals surface area (Å²) in [5, 5.41) is 19.7. The van der Waals surface area contributed by atoms with Gasteiger partial charge >= 0.3 is 7.82 Å². The van der Waals surface area contributed by atoms with Crippen molar-refractivity contribution >= 4 is 41.1 Å². The number of nitrogen functional groups attached to an aromatic ring is 1. The highest BCUT2D eigenvalue weighted by Crippen LogP contribution is 2.60. The van der Waals surface area contributed by atoms with Crippen molar-refractivity contribution in [2.75, 3.05) is 12.3 Å². The predicted molar refractivity (Wildman–Crippen MR) is 94.5 cm³/mol. The van der Waals surface area contributed by atoms with E-state index in [9.17, 15) is 39.1 Å². The zero-order valence-corrected chi connectivity index (χ0v) is 18.0. The molecule has 2 aromatic rings. The minimum Gasteiger partial charge on any atom is -0.642 e. The second kappa shape index (κ2) is 8.84. The summed E-state index contributed by atoms with van der Waals surface area (Å²) in [6.07, 6.45) is -5.96. The lowest BCUT2D eigenvalue weighted by atomic mass is 10.1. The molecule has 32 heavy (non-hydrogen) atoms. The van der Waals surface area contributed by atoms with E-state index in [1.165, 1.54) is 0 Å².